The molecule has 3 aromatic carbocycles. The van der Waals surface area contributed by atoms with E-state index in [2.05, 4.69) is 84.6 Å². The van der Waals surface area contributed by atoms with Gasteiger partial charge in [0.25, 0.3) is 0 Å². The summed E-state index contributed by atoms with van der Waals surface area (Å²) >= 11 is 0. The normalized spacial score (nSPS) is 19.7. The Morgan fingerprint density at radius 2 is 0.962 bits per heavy atom. The molecule has 1 aliphatic heterocycles. The predicted octanol–water partition coefficient (Wildman–Crippen LogP) is 5.03. The first kappa shape index (κ1) is 16.4. The average molecular weight is 341 g/mol. The molecule has 0 bridgehead atoms. The maximum atomic E-state index is 4.94. The third-order valence-corrected chi connectivity index (χ3v) is 5.03. The van der Waals surface area contributed by atoms with Gasteiger partial charge < -0.3 is 9.80 Å². The minimum absolute atomic E-state index is 0.214. The summed E-state index contributed by atoms with van der Waals surface area (Å²) in [5.74, 6) is 0.985. The van der Waals surface area contributed by atoms with Crippen molar-refractivity contribution in [1.29, 1.82) is 0 Å². The fourth-order valence-electron chi connectivity index (χ4n) is 3.81. The highest BCUT2D eigenvalue weighted by Gasteiger charge is 2.42. The van der Waals surface area contributed by atoms with Gasteiger partial charge in [-0.2, -0.15) is 0 Å². The van der Waals surface area contributed by atoms with E-state index in [9.17, 15) is 0 Å². The Morgan fingerprint density at radius 3 is 1.38 bits per heavy atom. The van der Waals surface area contributed by atoms with Gasteiger partial charge in [0.2, 0.25) is 5.96 Å². The van der Waals surface area contributed by atoms with Gasteiger partial charge in [0, 0.05) is 14.1 Å². The molecule has 0 spiro atoms. The van der Waals surface area contributed by atoms with Gasteiger partial charge in [-0.25, -0.2) is 4.99 Å². The largest absolute Gasteiger partial charge is 0.336 e. The number of guanidine groups is 1. The van der Waals surface area contributed by atoms with Crippen molar-refractivity contribution in [2.24, 2.45) is 4.99 Å². The Labute approximate surface area is 155 Å². The maximum absolute atomic E-state index is 4.94. The molecule has 1 heterocycles. The predicted molar refractivity (Wildman–Crippen MR) is 107 cm³/mol. The van der Waals surface area contributed by atoms with Crippen LogP contribution in [0.1, 0.15) is 23.2 Å². The van der Waals surface area contributed by atoms with Gasteiger partial charge in [-0.1, -0.05) is 78.9 Å². The van der Waals surface area contributed by atoms with E-state index in [1.165, 1.54) is 11.1 Å². The summed E-state index contributed by atoms with van der Waals surface area (Å²) in [5.41, 5.74) is 3.57. The molecule has 0 unspecified atom stereocenters. The molecule has 0 aliphatic carbocycles. The SMILES string of the molecule is CN1C(=Nc2ccccc2)N(C)[C@H](c2ccccc2)[C@H]1c1ccccc1. The molecule has 0 radical (unpaired) electrons. The highest BCUT2D eigenvalue weighted by Crippen LogP contribution is 2.43. The van der Waals surface area contributed by atoms with Gasteiger partial charge >= 0.3 is 0 Å². The van der Waals surface area contributed by atoms with Gasteiger partial charge in [0.15, 0.2) is 0 Å². The molecule has 0 aromatic heterocycles. The lowest BCUT2D eigenvalue weighted by Crippen LogP contribution is -2.29. The maximum Gasteiger partial charge on any atom is 0.202 e. The molecule has 2 atom stereocenters. The van der Waals surface area contributed by atoms with Crippen LogP contribution in [-0.4, -0.2) is 29.9 Å². The van der Waals surface area contributed by atoms with E-state index >= 15 is 0 Å². The first-order valence-corrected chi connectivity index (χ1v) is 8.95. The number of hydrogen-bond acceptors (Lipinski definition) is 1. The average Bonchev–Trinajstić information content (AvgIpc) is 2.95. The van der Waals surface area contributed by atoms with E-state index in [1.54, 1.807) is 0 Å². The Kier molecular flexibility index (Phi) is 4.44. The van der Waals surface area contributed by atoms with Crippen molar-refractivity contribution in [2.75, 3.05) is 14.1 Å². The Morgan fingerprint density at radius 1 is 0.577 bits per heavy atom. The van der Waals surface area contributed by atoms with E-state index in [-0.39, 0.29) is 12.1 Å². The van der Waals surface area contributed by atoms with Crippen LogP contribution in [-0.2, 0) is 0 Å². The number of para-hydroxylation sites is 1. The topological polar surface area (TPSA) is 18.8 Å². The van der Waals surface area contributed by atoms with E-state index in [0.717, 1.165) is 11.6 Å². The van der Waals surface area contributed by atoms with Crippen molar-refractivity contribution in [2.45, 2.75) is 12.1 Å². The number of likely N-dealkylation sites (N-methyl/N-ethyl adjacent to an activating group) is 2. The second kappa shape index (κ2) is 7.04. The Hall–Kier alpha value is -3.07. The molecule has 0 amide bonds. The number of rotatable bonds is 3. The molecule has 0 N–H and O–H groups in total. The molecule has 130 valence electrons. The lowest BCUT2D eigenvalue weighted by Gasteiger charge is -2.26. The molecule has 3 heteroatoms. The third kappa shape index (κ3) is 2.97. The van der Waals surface area contributed by atoms with Crippen molar-refractivity contribution in [3.63, 3.8) is 0 Å². The standard InChI is InChI=1S/C23H23N3/c1-25-21(18-12-6-3-7-13-18)22(19-14-8-4-9-15-19)26(2)23(25)24-20-16-10-5-11-17-20/h3-17,21-22H,1-2H3/t21-,22-/m1/s1. The number of nitrogens with zero attached hydrogens (tertiary/aromatic N) is 3. The van der Waals surface area contributed by atoms with Crippen molar-refractivity contribution in [3.8, 4) is 0 Å². The molecule has 1 aliphatic rings. The molecule has 4 rings (SSSR count). The zero-order chi connectivity index (χ0) is 17.9. The van der Waals surface area contributed by atoms with E-state index < -0.39 is 0 Å². The second-order valence-corrected chi connectivity index (χ2v) is 6.68. The quantitative estimate of drug-likeness (QED) is 0.665. The first-order chi connectivity index (χ1) is 12.8. The monoisotopic (exact) mass is 341 g/mol. The smallest absolute Gasteiger partial charge is 0.202 e. The molecule has 3 aromatic rings. The third-order valence-electron chi connectivity index (χ3n) is 5.03. The van der Waals surface area contributed by atoms with Gasteiger partial charge in [-0.15, -0.1) is 0 Å². The van der Waals surface area contributed by atoms with Crippen LogP contribution in [0, 0.1) is 0 Å². The minimum Gasteiger partial charge on any atom is -0.336 e. The fraction of sp³-hybridized carbons (Fsp3) is 0.174. The number of benzene rings is 3. The van der Waals surface area contributed by atoms with Crippen LogP contribution in [0.2, 0.25) is 0 Å². The first-order valence-electron chi connectivity index (χ1n) is 8.95. The fourth-order valence-corrected chi connectivity index (χ4v) is 3.81. The Bertz CT molecular complexity index is 822. The Balaban J connectivity index is 1.81. The van der Waals surface area contributed by atoms with Gasteiger partial charge in [0.05, 0.1) is 17.8 Å². The van der Waals surface area contributed by atoms with E-state index in [1.807, 2.05) is 30.3 Å². The number of hydrogen-bond donors (Lipinski definition) is 0. The van der Waals surface area contributed by atoms with Crippen LogP contribution < -0.4 is 0 Å². The van der Waals surface area contributed by atoms with Crippen molar-refractivity contribution < 1.29 is 0 Å². The zero-order valence-corrected chi connectivity index (χ0v) is 15.2. The summed E-state index contributed by atoms with van der Waals surface area (Å²) in [4.78, 5) is 9.52. The van der Waals surface area contributed by atoms with Crippen LogP contribution >= 0.6 is 0 Å². The molecule has 1 fully saturated rings. The van der Waals surface area contributed by atoms with Crippen molar-refractivity contribution in [1.82, 2.24) is 9.80 Å². The summed E-state index contributed by atoms with van der Waals surface area (Å²) in [7, 11) is 4.28. The highest BCUT2D eigenvalue weighted by molar-refractivity contribution is 5.85. The summed E-state index contributed by atoms with van der Waals surface area (Å²) in [6.45, 7) is 0. The van der Waals surface area contributed by atoms with Crippen molar-refractivity contribution in [3.05, 3.63) is 102 Å². The van der Waals surface area contributed by atoms with Crippen LogP contribution in [0.15, 0.2) is 96.0 Å². The highest BCUT2D eigenvalue weighted by atomic mass is 15.5. The van der Waals surface area contributed by atoms with Gasteiger partial charge in [-0.05, 0) is 23.3 Å². The molecule has 3 nitrogen and oxygen atoms in total. The van der Waals surface area contributed by atoms with E-state index in [0.29, 0.717) is 0 Å². The van der Waals surface area contributed by atoms with Crippen LogP contribution in [0.4, 0.5) is 5.69 Å². The summed E-state index contributed by atoms with van der Waals surface area (Å²) in [5, 5.41) is 0. The van der Waals surface area contributed by atoms with Crippen LogP contribution in [0.25, 0.3) is 0 Å². The second-order valence-electron chi connectivity index (χ2n) is 6.68. The molecule has 0 saturated carbocycles. The van der Waals surface area contributed by atoms with Gasteiger partial charge in [0.1, 0.15) is 0 Å². The lowest BCUT2D eigenvalue weighted by molar-refractivity contribution is 0.316. The summed E-state index contributed by atoms with van der Waals surface area (Å²) < 4.78 is 0. The van der Waals surface area contributed by atoms with E-state index in [4.69, 9.17) is 4.99 Å². The summed E-state index contributed by atoms with van der Waals surface area (Å²) in [6.07, 6.45) is 0. The molecule has 26 heavy (non-hydrogen) atoms. The van der Waals surface area contributed by atoms with Crippen LogP contribution in [0.5, 0.6) is 0 Å². The molecule has 1 saturated heterocycles. The van der Waals surface area contributed by atoms with Crippen molar-refractivity contribution >= 4 is 11.6 Å². The minimum atomic E-state index is 0.214. The van der Waals surface area contributed by atoms with Gasteiger partial charge in [-0.3, -0.25) is 0 Å². The lowest BCUT2D eigenvalue weighted by atomic mass is 9.93. The number of aliphatic imine (C=N–C) groups is 1. The molecular formula is C23H23N3. The van der Waals surface area contributed by atoms with Crippen LogP contribution in [0.3, 0.4) is 0 Å². The zero-order valence-electron chi connectivity index (χ0n) is 15.2. The molecular weight excluding hydrogens is 318 g/mol. The summed E-state index contributed by atoms with van der Waals surface area (Å²) in [6, 6.07) is 32.0.